The first-order chi connectivity index (χ1) is 17.6. The molecule has 1 fully saturated rings. The van der Waals surface area contributed by atoms with Crippen molar-refractivity contribution in [2.75, 3.05) is 49.2 Å². The highest BCUT2D eigenvalue weighted by molar-refractivity contribution is 6.11. The third kappa shape index (κ3) is 5.13. The molecule has 8 heteroatoms. The van der Waals surface area contributed by atoms with Crippen molar-refractivity contribution in [3.05, 3.63) is 77.4 Å². The average molecular weight is 486 g/mol. The number of para-hydroxylation sites is 2. The van der Waals surface area contributed by atoms with Crippen LogP contribution in [0.3, 0.4) is 0 Å². The van der Waals surface area contributed by atoms with Crippen molar-refractivity contribution in [1.29, 1.82) is 0 Å². The number of hydrogen-bond acceptors (Lipinski definition) is 6. The molecular weight excluding hydrogens is 454 g/mol. The summed E-state index contributed by atoms with van der Waals surface area (Å²) < 4.78 is 5.43. The maximum atomic E-state index is 13.0. The Hall–Kier alpha value is -4.04. The summed E-state index contributed by atoms with van der Waals surface area (Å²) >= 11 is 0. The standard InChI is InChI=1S/C28H31N5O3/c1-36-25-7-3-2-6-23(25)31-22-12-13-24(26-21(22)18-30-28(26)35)32-27(34)19-8-10-20(11-9-19)29-14-17-33-15-4-5-16-33/h2-3,6-13,29,31H,4-5,14-18H2,1H3,(H,30,35)(H,32,34). The summed E-state index contributed by atoms with van der Waals surface area (Å²) in [5, 5.41) is 12.6. The first kappa shape index (κ1) is 23.7. The average Bonchev–Trinajstić information content (AvgIpc) is 3.56. The smallest absolute Gasteiger partial charge is 0.255 e. The predicted octanol–water partition coefficient (Wildman–Crippen LogP) is 4.44. The molecule has 1 saturated heterocycles. The lowest BCUT2D eigenvalue weighted by atomic mass is 10.0. The highest BCUT2D eigenvalue weighted by Gasteiger charge is 2.27. The summed E-state index contributed by atoms with van der Waals surface area (Å²) in [5.74, 6) is 0.238. The number of nitrogens with zero attached hydrogens (tertiary/aromatic N) is 1. The summed E-state index contributed by atoms with van der Waals surface area (Å²) in [7, 11) is 1.62. The van der Waals surface area contributed by atoms with Crippen LogP contribution in [0.25, 0.3) is 0 Å². The molecule has 5 rings (SSSR count). The molecule has 0 saturated carbocycles. The minimum atomic E-state index is -0.258. The predicted molar refractivity (Wildman–Crippen MR) is 142 cm³/mol. The van der Waals surface area contributed by atoms with E-state index in [4.69, 9.17) is 4.74 Å². The number of hydrogen-bond donors (Lipinski definition) is 4. The molecule has 0 spiro atoms. The van der Waals surface area contributed by atoms with Crippen LogP contribution in [-0.4, -0.2) is 50.0 Å². The highest BCUT2D eigenvalue weighted by Crippen LogP contribution is 2.35. The number of amides is 2. The number of fused-ring (bicyclic) bond motifs is 1. The molecule has 0 atom stereocenters. The van der Waals surface area contributed by atoms with E-state index in [9.17, 15) is 9.59 Å². The number of ether oxygens (including phenoxy) is 1. The van der Waals surface area contributed by atoms with Gasteiger partial charge in [0, 0.05) is 42.1 Å². The van der Waals surface area contributed by atoms with E-state index in [1.807, 2.05) is 42.5 Å². The van der Waals surface area contributed by atoms with Gasteiger partial charge in [0.2, 0.25) is 0 Å². The number of benzene rings is 3. The lowest BCUT2D eigenvalue weighted by molar-refractivity contribution is 0.0966. The molecule has 8 nitrogen and oxygen atoms in total. The third-order valence-corrected chi connectivity index (χ3v) is 6.69. The molecule has 2 heterocycles. The van der Waals surface area contributed by atoms with E-state index in [2.05, 4.69) is 26.2 Å². The van der Waals surface area contributed by atoms with Crippen LogP contribution in [-0.2, 0) is 6.54 Å². The van der Waals surface area contributed by atoms with Crippen LogP contribution < -0.4 is 26.0 Å². The normalized spacial score (nSPS) is 14.8. The number of carbonyl (C=O) groups excluding carboxylic acids is 2. The maximum Gasteiger partial charge on any atom is 0.255 e. The number of nitrogens with one attached hydrogen (secondary N) is 4. The summed E-state index contributed by atoms with van der Waals surface area (Å²) in [5.41, 5.74) is 4.87. The van der Waals surface area contributed by atoms with Crippen molar-refractivity contribution in [1.82, 2.24) is 10.2 Å². The van der Waals surface area contributed by atoms with Gasteiger partial charge in [0.25, 0.3) is 11.8 Å². The Morgan fingerprint density at radius 3 is 2.50 bits per heavy atom. The van der Waals surface area contributed by atoms with Crippen LogP contribution in [0.15, 0.2) is 60.7 Å². The van der Waals surface area contributed by atoms with Gasteiger partial charge in [-0.1, -0.05) is 12.1 Å². The number of methoxy groups -OCH3 is 1. The highest BCUT2D eigenvalue weighted by atomic mass is 16.5. The number of anilines is 4. The van der Waals surface area contributed by atoms with E-state index >= 15 is 0 Å². The van der Waals surface area contributed by atoms with Crippen molar-refractivity contribution >= 4 is 34.6 Å². The minimum Gasteiger partial charge on any atom is -0.495 e. The first-order valence-electron chi connectivity index (χ1n) is 12.3. The van der Waals surface area contributed by atoms with E-state index in [-0.39, 0.29) is 11.8 Å². The number of likely N-dealkylation sites (tertiary alicyclic amines) is 1. The third-order valence-electron chi connectivity index (χ3n) is 6.69. The van der Waals surface area contributed by atoms with E-state index in [0.29, 0.717) is 29.1 Å². The minimum absolute atomic E-state index is 0.207. The molecule has 0 aromatic heterocycles. The van der Waals surface area contributed by atoms with Gasteiger partial charge >= 0.3 is 0 Å². The van der Waals surface area contributed by atoms with Crippen LogP contribution in [0.1, 0.15) is 39.1 Å². The Labute approximate surface area is 211 Å². The van der Waals surface area contributed by atoms with Crippen LogP contribution >= 0.6 is 0 Å². The van der Waals surface area contributed by atoms with Crippen molar-refractivity contribution < 1.29 is 14.3 Å². The fourth-order valence-electron chi connectivity index (χ4n) is 4.76. The largest absolute Gasteiger partial charge is 0.495 e. The molecule has 0 unspecified atom stereocenters. The zero-order valence-corrected chi connectivity index (χ0v) is 20.4. The number of rotatable bonds is 9. The van der Waals surface area contributed by atoms with Gasteiger partial charge in [-0.3, -0.25) is 9.59 Å². The molecule has 3 aromatic carbocycles. The van der Waals surface area contributed by atoms with Crippen molar-refractivity contribution in [2.45, 2.75) is 19.4 Å². The lowest BCUT2D eigenvalue weighted by Gasteiger charge is -2.16. The Balaban J connectivity index is 1.27. The first-order valence-corrected chi connectivity index (χ1v) is 12.3. The summed E-state index contributed by atoms with van der Waals surface area (Å²) in [6.07, 6.45) is 2.57. The summed E-state index contributed by atoms with van der Waals surface area (Å²) in [6.45, 7) is 4.65. The molecular formula is C28H31N5O3. The van der Waals surface area contributed by atoms with E-state index < -0.39 is 0 Å². The lowest BCUT2D eigenvalue weighted by Crippen LogP contribution is -2.25. The second-order valence-electron chi connectivity index (χ2n) is 9.03. The molecule has 0 bridgehead atoms. The maximum absolute atomic E-state index is 13.0. The van der Waals surface area contributed by atoms with Gasteiger partial charge in [0.05, 0.1) is 24.0 Å². The number of carbonyl (C=O) groups is 2. The van der Waals surface area contributed by atoms with Gasteiger partial charge in [-0.25, -0.2) is 0 Å². The van der Waals surface area contributed by atoms with Gasteiger partial charge < -0.3 is 30.9 Å². The fourth-order valence-corrected chi connectivity index (χ4v) is 4.76. The zero-order chi connectivity index (χ0) is 24.9. The topological polar surface area (TPSA) is 94.7 Å². The Morgan fingerprint density at radius 2 is 1.72 bits per heavy atom. The van der Waals surface area contributed by atoms with Crippen LogP contribution in [0.4, 0.5) is 22.7 Å². The van der Waals surface area contributed by atoms with Crippen molar-refractivity contribution in [3.8, 4) is 5.75 Å². The van der Waals surface area contributed by atoms with E-state index in [1.165, 1.54) is 25.9 Å². The monoisotopic (exact) mass is 485 g/mol. The van der Waals surface area contributed by atoms with Gasteiger partial charge in [0.1, 0.15) is 5.75 Å². The molecule has 186 valence electrons. The molecule has 3 aromatic rings. The zero-order valence-electron chi connectivity index (χ0n) is 20.4. The van der Waals surface area contributed by atoms with Gasteiger partial charge in [-0.2, -0.15) is 0 Å². The molecule has 36 heavy (non-hydrogen) atoms. The molecule has 2 aliphatic heterocycles. The van der Waals surface area contributed by atoms with Gasteiger partial charge in [0.15, 0.2) is 0 Å². The molecule has 2 aliphatic rings. The summed E-state index contributed by atoms with van der Waals surface area (Å²) in [6, 6.07) is 18.6. The van der Waals surface area contributed by atoms with Gasteiger partial charge in [-0.15, -0.1) is 0 Å². The van der Waals surface area contributed by atoms with E-state index in [0.717, 1.165) is 35.7 Å². The van der Waals surface area contributed by atoms with Crippen LogP contribution in [0, 0.1) is 0 Å². The molecule has 0 aliphatic carbocycles. The summed E-state index contributed by atoms with van der Waals surface area (Å²) in [4.78, 5) is 28.1. The van der Waals surface area contributed by atoms with E-state index in [1.54, 1.807) is 25.3 Å². The molecule has 4 N–H and O–H groups in total. The quantitative estimate of drug-likeness (QED) is 0.358. The van der Waals surface area contributed by atoms with Crippen molar-refractivity contribution in [3.63, 3.8) is 0 Å². The Morgan fingerprint density at radius 1 is 0.972 bits per heavy atom. The molecule has 0 radical (unpaired) electrons. The fraction of sp³-hybridized carbons (Fsp3) is 0.286. The van der Waals surface area contributed by atoms with Crippen molar-refractivity contribution in [2.24, 2.45) is 0 Å². The molecule has 2 amide bonds. The Kier molecular flexibility index (Phi) is 7.04. The van der Waals surface area contributed by atoms with Gasteiger partial charge in [-0.05, 0) is 74.5 Å². The Bertz CT molecular complexity index is 1250. The SMILES string of the molecule is COc1ccccc1Nc1ccc(NC(=O)c2ccc(NCCN3CCCC3)cc2)c2c1CNC2=O. The van der Waals surface area contributed by atoms with Crippen LogP contribution in [0.2, 0.25) is 0 Å². The second kappa shape index (κ2) is 10.7. The second-order valence-corrected chi connectivity index (χ2v) is 9.03. The van der Waals surface area contributed by atoms with Crippen LogP contribution in [0.5, 0.6) is 5.75 Å².